The van der Waals surface area contributed by atoms with Gasteiger partial charge in [0.05, 0.1) is 17.6 Å². The van der Waals surface area contributed by atoms with Crippen LogP contribution in [0.2, 0.25) is 5.02 Å². The van der Waals surface area contributed by atoms with Crippen molar-refractivity contribution in [3.63, 3.8) is 0 Å². The van der Waals surface area contributed by atoms with E-state index in [0.29, 0.717) is 21.0 Å². The van der Waals surface area contributed by atoms with Crippen LogP contribution in [0.1, 0.15) is 13.0 Å². The third kappa shape index (κ3) is 2.05. The van der Waals surface area contributed by atoms with E-state index in [9.17, 15) is 4.79 Å². The van der Waals surface area contributed by atoms with E-state index in [-0.39, 0.29) is 5.97 Å². The number of ether oxygens (including phenoxy) is 1. The molecule has 0 saturated heterocycles. The highest BCUT2D eigenvalue weighted by Gasteiger charge is 2.19. The van der Waals surface area contributed by atoms with Gasteiger partial charge in [0.1, 0.15) is 6.04 Å². The number of carbonyl (C=O) groups excluding carboxylic acids is 1. The minimum atomic E-state index is -0.532. The molecule has 1 atom stereocenters. The summed E-state index contributed by atoms with van der Waals surface area (Å²) >= 11 is 11.0. The number of aromatic nitrogens is 3. The van der Waals surface area contributed by atoms with Gasteiger partial charge in [0, 0.05) is 6.20 Å². The smallest absolute Gasteiger partial charge is 0.328 e. The number of halogens is 1. The van der Waals surface area contributed by atoms with Crippen molar-refractivity contribution in [3.05, 3.63) is 22.1 Å². The molecule has 0 radical (unpaired) electrons. The zero-order chi connectivity index (χ0) is 12.6. The van der Waals surface area contributed by atoms with Gasteiger partial charge in [-0.2, -0.15) is 0 Å². The molecule has 90 valence electrons. The fraction of sp³-hybridized carbons (Fsp3) is 0.300. The number of imidazole rings is 1. The molecule has 17 heavy (non-hydrogen) atoms. The Labute approximate surface area is 107 Å². The average Bonchev–Trinajstić information content (AvgIpc) is 2.62. The molecule has 0 saturated carbocycles. The summed E-state index contributed by atoms with van der Waals surface area (Å²) in [5.74, 6) is -0.376. The van der Waals surface area contributed by atoms with E-state index in [1.807, 2.05) is 0 Å². The highest BCUT2D eigenvalue weighted by atomic mass is 35.5. The van der Waals surface area contributed by atoms with Gasteiger partial charge in [-0.15, -0.1) is 0 Å². The largest absolute Gasteiger partial charge is 0.467 e. The molecule has 1 N–H and O–H groups in total. The zero-order valence-electron chi connectivity index (χ0n) is 9.23. The molecule has 0 aliphatic heterocycles. The summed E-state index contributed by atoms with van der Waals surface area (Å²) < 4.78 is 6.70. The standard InChI is InChI=1S/C10H10ClN3O2S/c1-5(9(15)16-2)14-8-7(13-10(14)17)3-6(11)4-12-8/h3-5H,1-2H3,(H,13,17). The lowest BCUT2D eigenvalue weighted by molar-refractivity contribution is -0.143. The van der Waals surface area contributed by atoms with Crippen molar-refractivity contribution < 1.29 is 9.53 Å². The first-order chi connectivity index (χ1) is 8.04. The molecule has 7 heteroatoms. The molecule has 2 aromatic rings. The van der Waals surface area contributed by atoms with Crippen molar-refractivity contribution in [1.29, 1.82) is 0 Å². The highest BCUT2D eigenvalue weighted by molar-refractivity contribution is 7.71. The monoisotopic (exact) mass is 271 g/mol. The lowest BCUT2D eigenvalue weighted by Gasteiger charge is -2.10. The minimum Gasteiger partial charge on any atom is -0.467 e. The fourth-order valence-electron chi connectivity index (χ4n) is 1.62. The predicted molar refractivity (Wildman–Crippen MR) is 66.7 cm³/mol. The second kappa shape index (κ2) is 4.46. The molecule has 0 aromatic carbocycles. The molecular weight excluding hydrogens is 262 g/mol. The predicted octanol–water partition coefficient (Wildman–Crippen LogP) is 2.48. The molecule has 1 unspecified atom stereocenters. The van der Waals surface area contributed by atoms with Gasteiger partial charge in [0.2, 0.25) is 0 Å². The summed E-state index contributed by atoms with van der Waals surface area (Å²) in [5.41, 5.74) is 1.27. The van der Waals surface area contributed by atoms with Crippen LogP contribution in [-0.2, 0) is 9.53 Å². The Morgan fingerprint density at radius 1 is 1.71 bits per heavy atom. The van der Waals surface area contributed by atoms with Crippen molar-refractivity contribution in [3.8, 4) is 0 Å². The first kappa shape index (κ1) is 12.1. The third-order valence-corrected chi connectivity index (χ3v) is 2.96. The van der Waals surface area contributed by atoms with Gasteiger partial charge in [-0.25, -0.2) is 9.78 Å². The van der Waals surface area contributed by atoms with E-state index in [1.165, 1.54) is 13.3 Å². The molecule has 0 aliphatic carbocycles. The number of hydrogen-bond acceptors (Lipinski definition) is 4. The van der Waals surface area contributed by atoms with E-state index in [1.54, 1.807) is 17.6 Å². The first-order valence-electron chi connectivity index (χ1n) is 4.88. The van der Waals surface area contributed by atoms with Crippen LogP contribution in [0, 0.1) is 4.77 Å². The van der Waals surface area contributed by atoms with Crippen molar-refractivity contribution >= 4 is 41.0 Å². The van der Waals surface area contributed by atoms with E-state index in [4.69, 9.17) is 23.8 Å². The van der Waals surface area contributed by atoms with E-state index < -0.39 is 6.04 Å². The molecule has 0 bridgehead atoms. The summed E-state index contributed by atoms with van der Waals surface area (Å²) in [5, 5.41) is 0.506. The summed E-state index contributed by atoms with van der Waals surface area (Å²) in [4.78, 5) is 18.6. The van der Waals surface area contributed by atoms with Crippen LogP contribution in [0.4, 0.5) is 0 Å². The number of methoxy groups -OCH3 is 1. The summed E-state index contributed by atoms with van der Waals surface area (Å²) in [6, 6.07) is 1.18. The minimum absolute atomic E-state index is 0.376. The van der Waals surface area contributed by atoms with Gasteiger partial charge in [0.25, 0.3) is 0 Å². The summed E-state index contributed by atoms with van der Waals surface area (Å²) in [6.07, 6.45) is 1.51. The van der Waals surface area contributed by atoms with Gasteiger partial charge < -0.3 is 9.72 Å². The molecule has 2 heterocycles. The maximum absolute atomic E-state index is 11.5. The second-order valence-corrected chi connectivity index (χ2v) is 4.35. The normalized spacial score (nSPS) is 12.6. The zero-order valence-corrected chi connectivity index (χ0v) is 10.8. The van der Waals surface area contributed by atoms with Gasteiger partial charge in [-0.05, 0) is 25.2 Å². The maximum Gasteiger partial charge on any atom is 0.328 e. The number of nitrogens with one attached hydrogen (secondary N) is 1. The molecule has 0 fully saturated rings. The van der Waals surface area contributed by atoms with Crippen LogP contribution in [0.5, 0.6) is 0 Å². The number of hydrogen-bond donors (Lipinski definition) is 1. The number of nitrogens with zero attached hydrogens (tertiary/aromatic N) is 2. The van der Waals surface area contributed by atoms with Gasteiger partial charge >= 0.3 is 5.97 Å². The van der Waals surface area contributed by atoms with Gasteiger partial charge in [-0.3, -0.25) is 4.57 Å². The van der Waals surface area contributed by atoms with Crippen LogP contribution in [-0.4, -0.2) is 27.6 Å². The Hall–Kier alpha value is -1.40. The lowest BCUT2D eigenvalue weighted by atomic mass is 10.3. The third-order valence-electron chi connectivity index (χ3n) is 2.45. The molecule has 0 amide bonds. The van der Waals surface area contributed by atoms with Crippen molar-refractivity contribution in [2.45, 2.75) is 13.0 Å². The Kier molecular flexibility index (Phi) is 3.17. The molecule has 0 spiro atoms. The van der Waals surface area contributed by atoms with Crippen molar-refractivity contribution in [1.82, 2.24) is 14.5 Å². The topological polar surface area (TPSA) is 59.9 Å². The van der Waals surface area contributed by atoms with Crippen LogP contribution in [0.3, 0.4) is 0 Å². The van der Waals surface area contributed by atoms with Crippen LogP contribution in [0.15, 0.2) is 12.3 Å². The number of aromatic amines is 1. The number of pyridine rings is 1. The van der Waals surface area contributed by atoms with Crippen molar-refractivity contribution in [2.24, 2.45) is 0 Å². The SMILES string of the molecule is COC(=O)C(C)n1c(=S)[nH]c2cc(Cl)cnc21. The number of carbonyl (C=O) groups is 1. The Morgan fingerprint density at radius 2 is 2.41 bits per heavy atom. The highest BCUT2D eigenvalue weighted by Crippen LogP contribution is 2.20. The van der Waals surface area contributed by atoms with Crippen LogP contribution in [0.25, 0.3) is 11.2 Å². The Bertz CT molecular complexity index is 634. The average molecular weight is 272 g/mol. The number of H-pyrrole nitrogens is 1. The van der Waals surface area contributed by atoms with E-state index >= 15 is 0 Å². The summed E-state index contributed by atoms with van der Waals surface area (Å²) in [6.45, 7) is 1.70. The van der Waals surface area contributed by atoms with Crippen LogP contribution >= 0.6 is 23.8 Å². The van der Waals surface area contributed by atoms with E-state index in [2.05, 4.69) is 14.7 Å². The molecule has 2 rings (SSSR count). The first-order valence-corrected chi connectivity index (χ1v) is 5.67. The van der Waals surface area contributed by atoms with Gasteiger partial charge in [0.15, 0.2) is 10.4 Å². The molecule has 2 aromatic heterocycles. The fourth-order valence-corrected chi connectivity index (χ4v) is 2.14. The molecular formula is C10H10ClN3O2S. The van der Waals surface area contributed by atoms with Crippen LogP contribution < -0.4 is 0 Å². The van der Waals surface area contributed by atoms with Gasteiger partial charge in [-0.1, -0.05) is 11.6 Å². The Balaban J connectivity index is 2.65. The number of rotatable bonds is 2. The Morgan fingerprint density at radius 3 is 3.06 bits per heavy atom. The lowest BCUT2D eigenvalue weighted by Crippen LogP contribution is -2.18. The van der Waals surface area contributed by atoms with E-state index in [0.717, 1.165) is 0 Å². The maximum atomic E-state index is 11.5. The molecule has 5 nitrogen and oxygen atoms in total. The molecule has 0 aliphatic rings. The summed E-state index contributed by atoms with van der Waals surface area (Å²) in [7, 11) is 1.33. The second-order valence-electron chi connectivity index (χ2n) is 3.52. The number of esters is 1. The van der Waals surface area contributed by atoms with Crippen molar-refractivity contribution in [2.75, 3.05) is 7.11 Å². The number of fused-ring (bicyclic) bond motifs is 1. The quantitative estimate of drug-likeness (QED) is 0.673.